The molecule has 1 aromatic rings. The molecular weight excluding hydrogens is 194 g/mol. The molecule has 84 valence electrons. The molecule has 0 bridgehead atoms. The highest BCUT2D eigenvalue weighted by Crippen LogP contribution is 2.26. The molecule has 0 atom stereocenters. The molecule has 0 aliphatic heterocycles. The van der Waals surface area contributed by atoms with Crippen molar-refractivity contribution in [1.82, 2.24) is 0 Å². The van der Waals surface area contributed by atoms with Gasteiger partial charge in [-0.2, -0.15) is 0 Å². The van der Waals surface area contributed by atoms with Crippen molar-refractivity contribution in [3.8, 4) is 11.5 Å². The zero-order valence-electron chi connectivity index (χ0n) is 9.61. The smallest absolute Gasteiger partial charge is 0.131 e. The predicted octanol–water partition coefficient (Wildman–Crippen LogP) is 1.78. The molecule has 0 amide bonds. The van der Waals surface area contributed by atoms with Crippen molar-refractivity contribution in [3.63, 3.8) is 0 Å². The molecule has 1 aromatic carbocycles. The Morgan fingerprint density at radius 2 is 1.87 bits per heavy atom. The van der Waals surface area contributed by atoms with Crippen molar-refractivity contribution in [3.05, 3.63) is 29.0 Å². The van der Waals surface area contributed by atoms with Gasteiger partial charge in [-0.15, -0.1) is 0 Å². The summed E-state index contributed by atoms with van der Waals surface area (Å²) in [6.07, 6.45) is 0. The standard InChI is InChI=1S/C11H17NO3/c1-12(2,13)8-9-5-6-10(14-3)7-11(9)15-4/h5-7H,8H2,1-4H3. The van der Waals surface area contributed by atoms with Crippen LogP contribution in [0.15, 0.2) is 18.2 Å². The fraction of sp³-hybridized carbons (Fsp3) is 0.455. The molecule has 0 saturated heterocycles. The van der Waals surface area contributed by atoms with Crippen LogP contribution in [-0.2, 0) is 6.54 Å². The minimum atomic E-state index is -0.372. The van der Waals surface area contributed by atoms with Gasteiger partial charge in [-0.05, 0) is 12.1 Å². The minimum absolute atomic E-state index is 0.372. The second-order valence-electron chi connectivity index (χ2n) is 3.91. The number of quaternary nitrogens is 1. The number of rotatable bonds is 4. The lowest BCUT2D eigenvalue weighted by molar-refractivity contribution is -0.853. The molecule has 0 aliphatic rings. The minimum Gasteiger partial charge on any atom is -0.633 e. The number of hydroxylamine groups is 3. The van der Waals surface area contributed by atoms with Crippen molar-refractivity contribution < 1.29 is 14.1 Å². The van der Waals surface area contributed by atoms with Gasteiger partial charge in [0.05, 0.1) is 28.3 Å². The molecule has 0 spiro atoms. The summed E-state index contributed by atoms with van der Waals surface area (Å²) in [5, 5.41) is 11.5. The largest absolute Gasteiger partial charge is 0.633 e. The zero-order valence-corrected chi connectivity index (χ0v) is 9.61. The van der Waals surface area contributed by atoms with Gasteiger partial charge in [-0.1, -0.05) is 0 Å². The molecule has 4 heteroatoms. The topological polar surface area (TPSA) is 41.5 Å². The van der Waals surface area contributed by atoms with Crippen LogP contribution in [-0.4, -0.2) is 33.0 Å². The van der Waals surface area contributed by atoms with Crippen molar-refractivity contribution in [2.24, 2.45) is 0 Å². The van der Waals surface area contributed by atoms with E-state index in [9.17, 15) is 5.21 Å². The molecule has 0 unspecified atom stereocenters. The quantitative estimate of drug-likeness (QED) is 0.563. The van der Waals surface area contributed by atoms with E-state index in [0.29, 0.717) is 12.3 Å². The lowest BCUT2D eigenvalue weighted by Gasteiger charge is -2.34. The summed E-state index contributed by atoms with van der Waals surface area (Å²) < 4.78 is 9.91. The Labute approximate surface area is 90.2 Å². The Kier molecular flexibility index (Phi) is 3.55. The second-order valence-corrected chi connectivity index (χ2v) is 3.91. The zero-order chi connectivity index (χ0) is 11.5. The number of hydrogen-bond donors (Lipinski definition) is 0. The molecule has 0 aromatic heterocycles. The Bertz CT molecular complexity index is 331. The number of methoxy groups -OCH3 is 2. The van der Waals surface area contributed by atoms with E-state index >= 15 is 0 Å². The maximum Gasteiger partial charge on any atom is 0.131 e. The van der Waals surface area contributed by atoms with Crippen LogP contribution in [0.25, 0.3) is 0 Å². The van der Waals surface area contributed by atoms with E-state index in [0.717, 1.165) is 11.3 Å². The highest BCUT2D eigenvalue weighted by molar-refractivity contribution is 5.40. The van der Waals surface area contributed by atoms with Crippen LogP contribution in [0.1, 0.15) is 5.56 Å². The van der Waals surface area contributed by atoms with Crippen LogP contribution >= 0.6 is 0 Å². The average molecular weight is 211 g/mol. The lowest BCUT2D eigenvalue weighted by atomic mass is 10.2. The van der Waals surface area contributed by atoms with Gasteiger partial charge in [0.1, 0.15) is 18.0 Å². The molecule has 0 saturated carbocycles. The predicted molar refractivity (Wildman–Crippen MR) is 58.7 cm³/mol. The molecule has 0 aliphatic carbocycles. The lowest BCUT2D eigenvalue weighted by Crippen LogP contribution is -2.31. The van der Waals surface area contributed by atoms with Gasteiger partial charge in [-0.3, -0.25) is 0 Å². The van der Waals surface area contributed by atoms with Crippen LogP contribution in [0, 0.1) is 5.21 Å². The van der Waals surface area contributed by atoms with Gasteiger partial charge < -0.3 is 19.3 Å². The summed E-state index contributed by atoms with van der Waals surface area (Å²) in [7, 11) is 6.39. The van der Waals surface area contributed by atoms with Crippen LogP contribution in [0.3, 0.4) is 0 Å². The first kappa shape index (κ1) is 11.8. The van der Waals surface area contributed by atoms with Gasteiger partial charge in [0, 0.05) is 11.6 Å². The fourth-order valence-corrected chi connectivity index (χ4v) is 1.39. The van der Waals surface area contributed by atoms with Gasteiger partial charge in [0.2, 0.25) is 0 Å². The summed E-state index contributed by atoms with van der Waals surface area (Å²) in [6, 6.07) is 5.47. The normalized spacial score (nSPS) is 11.3. The maximum absolute atomic E-state index is 11.5. The summed E-state index contributed by atoms with van der Waals surface area (Å²) in [5.74, 6) is 1.42. The van der Waals surface area contributed by atoms with E-state index in [2.05, 4.69) is 0 Å². The Balaban J connectivity index is 2.97. The molecule has 0 radical (unpaired) electrons. The molecule has 0 N–H and O–H groups in total. The van der Waals surface area contributed by atoms with E-state index in [1.165, 1.54) is 0 Å². The fourth-order valence-electron chi connectivity index (χ4n) is 1.39. The van der Waals surface area contributed by atoms with E-state index in [1.54, 1.807) is 34.4 Å². The van der Waals surface area contributed by atoms with Crippen LogP contribution < -0.4 is 9.47 Å². The third-order valence-corrected chi connectivity index (χ3v) is 2.05. The Morgan fingerprint density at radius 3 is 2.33 bits per heavy atom. The number of ether oxygens (including phenoxy) is 2. The van der Waals surface area contributed by atoms with Crippen molar-refractivity contribution in [2.45, 2.75) is 6.54 Å². The third-order valence-electron chi connectivity index (χ3n) is 2.05. The average Bonchev–Trinajstić information content (AvgIpc) is 2.16. The van der Waals surface area contributed by atoms with Gasteiger partial charge in [-0.25, -0.2) is 0 Å². The van der Waals surface area contributed by atoms with Crippen molar-refractivity contribution in [2.75, 3.05) is 28.3 Å². The highest BCUT2D eigenvalue weighted by Gasteiger charge is 2.10. The van der Waals surface area contributed by atoms with Gasteiger partial charge >= 0.3 is 0 Å². The van der Waals surface area contributed by atoms with E-state index in [1.807, 2.05) is 12.1 Å². The molecular formula is C11H17NO3. The Hall–Kier alpha value is -1.26. The molecule has 0 fully saturated rings. The molecule has 15 heavy (non-hydrogen) atoms. The van der Waals surface area contributed by atoms with Crippen molar-refractivity contribution in [1.29, 1.82) is 0 Å². The SMILES string of the molecule is COc1ccc(C[N+](C)(C)[O-])c(OC)c1. The van der Waals surface area contributed by atoms with Crippen LogP contribution in [0.4, 0.5) is 0 Å². The molecule has 4 nitrogen and oxygen atoms in total. The first-order chi connectivity index (χ1) is 6.96. The van der Waals surface area contributed by atoms with E-state index in [-0.39, 0.29) is 4.65 Å². The molecule has 0 heterocycles. The summed E-state index contributed by atoms with van der Waals surface area (Å²) in [5.41, 5.74) is 0.887. The number of nitrogens with zero attached hydrogens (tertiary/aromatic N) is 1. The van der Waals surface area contributed by atoms with Crippen molar-refractivity contribution >= 4 is 0 Å². The molecule has 1 rings (SSSR count). The third kappa shape index (κ3) is 3.42. The van der Waals surface area contributed by atoms with Gasteiger partial charge in [0.25, 0.3) is 0 Å². The van der Waals surface area contributed by atoms with E-state index in [4.69, 9.17) is 9.47 Å². The highest BCUT2D eigenvalue weighted by atomic mass is 16.5. The monoisotopic (exact) mass is 211 g/mol. The van der Waals surface area contributed by atoms with Crippen LogP contribution in [0.2, 0.25) is 0 Å². The first-order valence-corrected chi connectivity index (χ1v) is 4.71. The number of hydrogen-bond acceptors (Lipinski definition) is 3. The summed E-state index contributed by atoms with van der Waals surface area (Å²) >= 11 is 0. The van der Waals surface area contributed by atoms with Crippen LogP contribution in [0.5, 0.6) is 11.5 Å². The summed E-state index contributed by atoms with van der Waals surface area (Å²) in [6.45, 7) is 0.382. The summed E-state index contributed by atoms with van der Waals surface area (Å²) in [4.78, 5) is 0. The maximum atomic E-state index is 11.5. The van der Waals surface area contributed by atoms with E-state index < -0.39 is 0 Å². The first-order valence-electron chi connectivity index (χ1n) is 4.71. The number of benzene rings is 1. The van der Waals surface area contributed by atoms with Gasteiger partial charge in [0.15, 0.2) is 0 Å². The Morgan fingerprint density at radius 1 is 1.20 bits per heavy atom. The second kappa shape index (κ2) is 4.51.